The van der Waals surface area contributed by atoms with E-state index >= 15 is 0 Å². The fourth-order valence-electron chi connectivity index (χ4n) is 1.33. The minimum absolute atomic E-state index is 0.119. The fraction of sp³-hybridized carbons (Fsp3) is 0.100. The van der Waals surface area contributed by atoms with Crippen LogP contribution in [0.2, 0.25) is 0 Å². The Labute approximate surface area is 70.2 Å². The molecule has 1 aromatic carbocycles. The Morgan fingerprint density at radius 1 is 1.25 bits per heavy atom. The van der Waals surface area contributed by atoms with Crippen molar-refractivity contribution < 1.29 is 9.90 Å². The normalized spacial score (nSPS) is 14.5. The van der Waals surface area contributed by atoms with E-state index in [4.69, 9.17) is 5.11 Å². The monoisotopic (exact) mass is 160 g/mol. The zero-order valence-corrected chi connectivity index (χ0v) is 6.45. The van der Waals surface area contributed by atoms with Crippen molar-refractivity contribution >= 4 is 11.9 Å². The highest BCUT2D eigenvalue weighted by Crippen LogP contribution is 2.21. The lowest BCUT2D eigenvalue weighted by molar-refractivity contribution is -0.114. The number of rotatable bonds is 0. The van der Waals surface area contributed by atoms with Gasteiger partial charge in [0.05, 0.1) is 0 Å². The Balaban J connectivity index is 2.54. The van der Waals surface area contributed by atoms with Crippen LogP contribution in [-0.2, 0) is 11.2 Å². The summed E-state index contributed by atoms with van der Waals surface area (Å²) >= 11 is 0. The van der Waals surface area contributed by atoms with E-state index in [0.717, 1.165) is 11.1 Å². The first-order valence-electron chi connectivity index (χ1n) is 3.78. The maximum Gasteiger partial charge on any atom is 0.160 e. The summed E-state index contributed by atoms with van der Waals surface area (Å²) in [6.45, 7) is 0. The summed E-state index contributed by atoms with van der Waals surface area (Å²) in [6, 6.07) is 5.05. The Hall–Kier alpha value is -1.57. The molecular formula is C10H8O2. The summed E-state index contributed by atoms with van der Waals surface area (Å²) in [7, 11) is 0. The van der Waals surface area contributed by atoms with Crippen LogP contribution in [0.15, 0.2) is 24.3 Å². The highest BCUT2D eigenvalue weighted by Gasteiger charge is 2.09. The molecule has 1 aromatic rings. The molecule has 0 aromatic heterocycles. The summed E-state index contributed by atoms with van der Waals surface area (Å²) in [6.07, 6.45) is 3.73. The lowest BCUT2D eigenvalue weighted by Crippen LogP contribution is -2.04. The average molecular weight is 160 g/mol. The van der Waals surface area contributed by atoms with Crippen LogP contribution < -0.4 is 0 Å². The molecule has 60 valence electrons. The highest BCUT2D eigenvalue weighted by atomic mass is 16.3. The third kappa shape index (κ3) is 1.11. The quantitative estimate of drug-likeness (QED) is 0.625. The van der Waals surface area contributed by atoms with Gasteiger partial charge in [0.15, 0.2) is 5.78 Å². The van der Waals surface area contributed by atoms with E-state index in [1.54, 1.807) is 30.4 Å². The molecule has 0 saturated carbocycles. The number of phenolic OH excluding ortho intramolecular Hbond substituents is 1. The Morgan fingerprint density at radius 2 is 2.08 bits per heavy atom. The molecule has 1 N–H and O–H groups in total. The first kappa shape index (κ1) is 7.10. The van der Waals surface area contributed by atoms with Gasteiger partial charge in [0, 0.05) is 6.42 Å². The number of benzene rings is 1. The second kappa shape index (κ2) is 2.48. The number of hydrogen-bond acceptors (Lipinski definition) is 2. The number of carbonyl (C=O) groups excluding carboxylic acids is 1. The lowest BCUT2D eigenvalue weighted by atomic mass is 9.97. The Kier molecular flexibility index (Phi) is 1.47. The summed E-state index contributed by atoms with van der Waals surface area (Å²) < 4.78 is 0. The minimum Gasteiger partial charge on any atom is -0.508 e. The number of phenols is 1. The third-order valence-corrected chi connectivity index (χ3v) is 1.94. The van der Waals surface area contributed by atoms with Gasteiger partial charge < -0.3 is 5.11 Å². The number of allylic oxidation sites excluding steroid dienone is 1. The van der Waals surface area contributed by atoms with Gasteiger partial charge in [-0.2, -0.15) is 0 Å². The Morgan fingerprint density at radius 3 is 2.92 bits per heavy atom. The molecule has 0 atom stereocenters. The SMILES string of the molecule is O=C1C=Cc2cc(O)ccc2C1. The molecule has 1 aliphatic rings. The molecule has 0 unspecified atom stereocenters. The summed E-state index contributed by atoms with van der Waals surface area (Å²) in [5, 5.41) is 9.14. The van der Waals surface area contributed by atoms with E-state index in [9.17, 15) is 4.79 Å². The van der Waals surface area contributed by atoms with E-state index in [0.29, 0.717) is 6.42 Å². The lowest BCUT2D eigenvalue weighted by Gasteiger charge is -2.08. The van der Waals surface area contributed by atoms with Crippen LogP contribution in [0.1, 0.15) is 11.1 Å². The molecule has 2 heteroatoms. The molecule has 0 heterocycles. The number of carbonyl (C=O) groups is 1. The molecule has 0 bridgehead atoms. The molecule has 1 aliphatic carbocycles. The van der Waals surface area contributed by atoms with Gasteiger partial charge in [-0.1, -0.05) is 12.1 Å². The van der Waals surface area contributed by atoms with E-state index in [-0.39, 0.29) is 11.5 Å². The van der Waals surface area contributed by atoms with Gasteiger partial charge >= 0.3 is 0 Å². The number of aromatic hydroxyl groups is 1. The van der Waals surface area contributed by atoms with Crippen molar-refractivity contribution in [3.8, 4) is 5.75 Å². The van der Waals surface area contributed by atoms with E-state index in [1.807, 2.05) is 0 Å². The van der Waals surface area contributed by atoms with Crippen molar-refractivity contribution in [3.05, 3.63) is 35.4 Å². The van der Waals surface area contributed by atoms with Gasteiger partial charge in [-0.3, -0.25) is 4.79 Å². The molecule has 0 fully saturated rings. The van der Waals surface area contributed by atoms with Crippen molar-refractivity contribution in [1.82, 2.24) is 0 Å². The van der Waals surface area contributed by atoms with Crippen molar-refractivity contribution in [1.29, 1.82) is 0 Å². The summed E-state index contributed by atoms with van der Waals surface area (Å²) in [4.78, 5) is 11.0. The Bertz CT molecular complexity index is 364. The fourth-order valence-corrected chi connectivity index (χ4v) is 1.33. The van der Waals surface area contributed by atoms with E-state index in [2.05, 4.69) is 0 Å². The predicted octanol–water partition coefficient (Wildman–Crippen LogP) is 1.53. The topological polar surface area (TPSA) is 37.3 Å². The van der Waals surface area contributed by atoms with Crippen LogP contribution in [0, 0.1) is 0 Å². The summed E-state index contributed by atoms with van der Waals surface area (Å²) in [5.74, 6) is 0.362. The van der Waals surface area contributed by atoms with Crippen molar-refractivity contribution in [2.75, 3.05) is 0 Å². The zero-order chi connectivity index (χ0) is 8.55. The van der Waals surface area contributed by atoms with Crippen LogP contribution in [0.5, 0.6) is 5.75 Å². The third-order valence-electron chi connectivity index (χ3n) is 1.94. The first-order valence-corrected chi connectivity index (χ1v) is 3.78. The molecule has 2 nitrogen and oxygen atoms in total. The summed E-state index contributed by atoms with van der Waals surface area (Å²) in [5.41, 5.74) is 1.93. The van der Waals surface area contributed by atoms with Crippen molar-refractivity contribution in [3.63, 3.8) is 0 Å². The molecule has 0 saturated heterocycles. The molecule has 2 rings (SSSR count). The maximum absolute atomic E-state index is 11.0. The van der Waals surface area contributed by atoms with E-state index < -0.39 is 0 Å². The maximum atomic E-state index is 11.0. The largest absolute Gasteiger partial charge is 0.508 e. The number of hydrogen-bond donors (Lipinski definition) is 1. The van der Waals surface area contributed by atoms with Gasteiger partial charge in [0.25, 0.3) is 0 Å². The molecule has 0 spiro atoms. The van der Waals surface area contributed by atoms with Gasteiger partial charge in [-0.05, 0) is 29.3 Å². The number of fused-ring (bicyclic) bond motifs is 1. The van der Waals surface area contributed by atoms with Crippen molar-refractivity contribution in [2.45, 2.75) is 6.42 Å². The second-order valence-electron chi connectivity index (χ2n) is 2.86. The highest BCUT2D eigenvalue weighted by molar-refractivity contribution is 5.98. The standard InChI is InChI=1S/C10H8O2/c11-9-3-1-7-5-10(12)4-2-8(7)6-9/h1-5,12H,6H2. The van der Waals surface area contributed by atoms with Gasteiger partial charge in [0.1, 0.15) is 5.75 Å². The average Bonchev–Trinajstić information content (AvgIpc) is 2.05. The molecule has 0 amide bonds. The molecule has 0 aliphatic heterocycles. The van der Waals surface area contributed by atoms with E-state index in [1.165, 1.54) is 0 Å². The zero-order valence-electron chi connectivity index (χ0n) is 6.45. The van der Waals surface area contributed by atoms with Crippen LogP contribution in [0.4, 0.5) is 0 Å². The van der Waals surface area contributed by atoms with Gasteiger partial charge in [-0.25, -0.2) is 0 Å². The smallest absolute Gasteiger partial charge is 0.160 e. The van der Waals surface area contributed by atoms with Gasteiger partial charge in [-0.15, -0.1) is 0 Å². The van der Waals surface area contributed by atoms with Crippen LogP contribution in [0.3, 0.4) is 0 Å². The van der Waals surface area contributed by atoms with Gasteiger partial charge in [0.2, 0.25) is 0 Å². The minimum atomic E-state index is 0.119. The molecular weight excluding hydrogens is 152 g/mol. The van der Waals surface area contributed by atoms with Crippen LogP contribution >= 0.6 is 0 Å². The first-order chi connectivity index (χ1) is 5.75. The van der Waals surface area contributed by atoms with Crippen LogP contribution in [0.25, 0.3) is 6.08 Å². The molecule has 0 radical (unpaired) electrons. The van der Waals surface area contributed by atoms with Crippen molar-refractivity contribution in [2.24, 2.45) is 0 Å². The number of ketones is 1. The van der Waals surface area contributed by atoms with Crippen LogP contribution in [-0.4, -0.2) is 10.9 Å². The second-order valence-corrected chi connectivity index (χ2v) is 2.86. The molecule has 12 heavy (non-hydrogen) atoms. The predicted molar refractivity (Wildman–Crippen MR) is 45.9 cm³/mol.